The fraction of sp³-hybridized carbons (Fsp3) is 0.250. The maximum atomic E-state index is 12.0. The Balaban J connectivity index is 2.12. The number of nitrogens with one attached hydrogen (secondary N) is 1. The van der Waals surface area contributed by atoms with E-state index in [1.54, 1.807) is 37.5 Å². The lowest BCUT2D eigenvalue weighted by atomic mass is 10.1. The molecule has 1 aromatic carbocycles. The number of anilines is 1. The molecule has 6 nitrogen and oxygen atoms in total. The molecule has 1 heterocycles. The molecule has 0 spiro atoms. The van der Waals surface area contributed by atoms with E-state index < -0.39 is 10.0 Å². The van der Waals surface area contributed by atoms with E-state index in [-0.39, 0.29) is 5.75 Å². The number of aryl methyl sites for hydroxylation is 1. The van der Waals surface area contributed by atoms with Gasteiger partial charge in [-0.3, -0.25) is 9.40 Å². The first-order valence-corrected chi connectivity index (χ1v) is 7.42. The van der Waals surface area contributed by atoms with Crippen LogP contribution in [-0.2, 0) is 29.4 Å². The zero-order chi connectivity index (χ0) is 13.9. The molecule has 0 amide bonds. The summed E-state index contributed by atoms with van der Waals surface area (Å²) in [4.78, 5) is 0. The molecule has 0 aliphatic carbocycles. The highest BCUT2D eigenvalue weighted by Gasteiger charge is 2.13. The second-order valence-corrected chi connectivity index (χ2v) is 5.98. The van der Waals surface area contributed by atoms with Gasteiger partial charge < -0.3 is 5.73 Å². The fourth-order valence-corrected chi connectivity index (χ4v) is 2.85. The van der Waals surface area contributed by atoms with E-state index in [9.17, 15) is 8.42 Å². The smallest absolute Gasteiger partial charge is 0.238 e. The van der Waals surface area contributed by atoms with Gasteiger partial charge in [-0.1, -0.05) is 24.3 Å². The predicted octanol–water partition coefficient (Wildman–Crippen LogP) is 0.821. The Morgan fingerprint density at radius 3 is 2.68 bits per heavy atom. The lowest BCUT2D eigenvalue weighted by Crippen LogP contribution is -2.15. The van der Waals surface area contributed by atoms with E-state index in [2.05, 4.69) is 9.82 Å². The summed E-state index contributed by atoms with van der Waals surface area (Å²) in [5, 5.41) is 3.98. The minimum atomic E-state index is -3.47. The van der Waals surface area contributed by atoms with Crippen LogP contribution in [0.2, 0.25) is 0 Å². The zero-order valence-electron chi connectivity index (χ0n) is 10.6. The molecule has 0 atom stereocenters. The Hall–Kier alpha value is -1.86. The van der Waals surface area contributed by atoms with Gasteiger partial charge in [0.05, 0.1) is 5.75 Å². The normalized spacial score (nSPS) is 11.5. The SMILES string of the molecule is Cn1ccc(NS(=O)(=O)Cc2cccc(CN)c2)n1. The molecule has 0 radical (unpaired) electrons. The minimum absolute atomic E-state index is 0.0998. The number of hydrogen-bond donors (Lipinski definition) is 2. The summed E-state index contributed by atoms with van der Waals surface area (Å²) in [6.45, 7) is 0.390. The van der Waals surface area contributed by atoms with Crippen molar-refractivity contribution in [2.75, 3.05) is 4.72 Å². The van der Waals surface area contributed by atoms with Crippen molar-refractivity contribution in [1.29, 1.82) is 0 Å². The second kappa shape index (κ2) is 5.41. The van der Waals surface area contributed by atoms with Crippen LogP contribution in [0.3, 0.4) is 0 Å². The van der Waals surface area contributed by atoms with Crippen LogP contribution >= 0.6 is 0 Å². The number of nitrogens with two attached hydrogens (primary N) is 1. The summed E-state index contributed by atoms with van der Waals surface area (Å²) in [5.41, 5.74) is 7.14. The van der Waals surface area contributed by atoms with Crippen LogP contribution in [0.1, 0.15) is 11.1 Å². The molecule has 1 aromatic heterocycles. The quantitative estimate of drug-likeness (QED) is 0.848. The van der Waals surface area contributed by atoms with Crippen molar-refractivity contribution in [2.24, 2.45) is 12.8 Å². The number of benzene rings is 1. The van der Waals surface area contributed by atoms with Crippen LogP contribution < -0.4 is 10.5 Å². The molecule has 3 N–H and O–H groups in total. The van der Waals surface area contributed by atoms with Gasteiger partial charge in [-0.25, -0.2) is 8.42 Å². The van der Waals surface area contributed by atoms with Crippen molar-refractivity contribution < 1.29 is 8.42 Å². The van der Waals surface area contributed by atoms with Gasteiger partial charge in [0, 0.05) is 25.9 Å². The van der Waals surface area contributed by atoms with Crippen LogP contribution in [-0.4, -0.2) is 18.2 Å². The number of rotatable bonds is 5. The topological polar surface area (TPSA) is 90.0 Å². The Bertz CT molecular complexity index is 664. The average molecular weight is 280 g/mol. The van der Waals surface area contributed by atoms with Crippen molar-refractivity contribution in [3.05, 3.63) is 47.7 Å². The highest BCUT2D eigenvalue weighted by atomic mass is 32.2. The van der Waals surface area contributed by atoms with Crippen LogP contribution in [0.5, 0.6) is 0 Å². The number of hydrogen-bond acceptors (Lipinski definition) is 4. The lowest BCUT2D eigenvalue weighted by molar-refractivity contribution is 0.600. The van der Waals surface area contributed by atoms with E-state index in [0.29, 0.717) is 17.9 Å². The number of aromatic nitrogens is 2. The monoisotopic (exact) mass is 280 g/mol. The summed E-state index contributed by atoms with van der Waals surface area (Å²) >= 11 is 0. The number of nitrogens with zero attached hydrogens (tertiary/aromatic N) is 2. The summed E-state index contributed by atoms with van der Waals surface area (Å²) in [7, 11) is -1.74. The standard InChI is InChI=1S/C12H16N4O2S/c1-16-6-5-12(14-16)15-19(17,18)9-11-4-2-3-10(7-11)8-13/h2-7H,8-9,13H2,1H3,(H,14,15). The molecule has 19 heavy (non-hydrogen) atoms. The molecule has 0 saturated carbocycles. The first-order valence-electron chi connectivity index (χ1n) is 5.76. The molecule has 102 valence electrons. The minimum Gasteiger partial charge on any atom is -0.326 e. The summed E-state index contributed by atoms with van der Waals surface area (Å²) in [6.07, 6.45) is 1.67. The summed E-state index contributed by atoms with van der Waals surface area (Å²) < 4.78 is 27.9. The highest BCUT2D eigenvalue weighted by molar-refractivity contribution is 7.91. The van der Waals surface area contributed by atoms with Crippen LogP contribution in [0, 0.1) is 0 Å². The van der Waals surface area contributed by atoms with Gasteiger partial charge in [0.1, 0.15) is 0 Å². The molecule has 2 aromatic rings. The van der Waals surface area contributed by atoms with Gasteiger partial charge in [0.15, 0.2) is 5.82 Å². The molecule has 0 aliphatic heterocycles. The van der Waals surface area contributed by atoms with E-state index in [1.807, 2.05) is 6.07 Å². The first kappa shape index (κ1) is 13.6. The zero-order valence-corrected chi connectivity index (χ0v) is 11.4. The summed E-state index contributed by atoms with van der Waals surface area (Å²) in [6, 6.07) is 8.82. The third-order valence-electron chi connectivity index (χ3n) is 2.56. The van der Waals surface area contributed by atoms with Crippen molar-refractivity contribution in [2.45, 2.75) is 12.3 Å². The molecular formula is C12H16N4O2S. The molecule has 0 saturated heterocycles. The Morgan fingerprint density at radius 2 is 2.05 bits per heavy atom. The fourth-order valence-electron chi connectivity index (χ4n) is 1.73. The van der Waals surface area contributed by atoms with Crippen molar-refractivity contribution in [3.63, 3.8) is 0 Å². The first-order chi connectivity index (χ1) is 8.98. The number of sulfonamides is 1. The Morgan fingerprint density at radius 1 is 1.32 bits per heavy atom. The van der Waals surface area contributed by atoms with E-state index in [1.165, 1.54) is 4.68 Å². The second-order valence-electron chi connectivity index (χ2n) is 4.26. The van der Waals surface area contributed by atoms with E-state index >= 15 is 0 Å². The third kappa shape index (κ3) is 3.80. The highest BCUT2D eigenvalue weighted by Crippen LogP contribution is 2.12. The molecular weight excluding hydrogens is 264 g/mol. The van der Waals surface area contributed by atoms with E-state index in [0.717, 1.165) is 5.56 Å². The molecule has 7 heteroatoms. The van der Waals surface area contributed by atoms with Crippen molar-refractivity contribution in [1.82, 2.24) is 9.78 Å². The van der Waals surface area contributed by atoms with Crippen LogP contribution in [0.4, 0.5) is 5.82 Å². The van der Waals surface area contributed by atoms with E-state index in [4.69, 9.17) is 5.73 Å². The van der Waals surface area contributed by atoms with Gasteiger partial charge >= 0.3 is 0 Å². The average Bonchev–Trinajstić information content (AvgIpc) is 2.73. The van der Waals surface area contributed by atoms with Gasteiger partial charge in [0.2, 0.25) is 10.0 Å². The predicted molar refractivity (Wildman–Crippen MR) is 73.8 cm³/mol. The van der Waals surface area contributed by atoms with Gasteiger partial charge in [-0.15, -0.1) is 0 Å². The van der Waals surface area contributed by atoms with Crippen LogP contribution in [0.15, 0.2) is 36.5 Å². The van der Waals surface area contributed by atoms with Crippen molar-refractivity contribution in [3.8, 4) is 0 Å². The van der Waals surface area contributed by atoms with Gasteiger partial charge in [-0.2, -0.15) is 5.10 Å². The van der Waals surface area contributed by atoms with Crippen LogP contribution in [0.25, 0.3) is 0 Å². The largest absolute Gasteiger partial charge is 0.326 e. The van der Waals surface area contributed by atoms with Gasteiger partial charge in [-0.05, 0) is 11.1 Å². The van der Waals surface area contributed by atoms with Crippen molar-refractivity contribution >= 4 is 15.8 Å². The molecule has 0 bridgehead atoms. The summed E-state index contributed by atoms with van der Waals surface area (Å²) in [5.74, 6) is 0.217. The third-order valence-corrected chi connectivity index (χ3v) is 3.79. The molecule has 0 unspecified atom stereocenters. The lowest BCUT2D eigenvalue weighted by Gasteiger charge is -2.06. The molecule has 0 aliphatic rings. The maximum absolute atomic E-state index is 12.0. The molecule has 2 rings (SSSR count). The Labute approximate surface area is 112 Å². The Kier molecular flexibility index (Phi) is 3.87. The van der Waals surface area contributed by atoms with Gasteiger partial charge in [0.25, 0.3) is 0 Å². The maximum Gasteiger partial charge on any atom is 0.238 e. The molecule has 0 fully saturated rings.